The first-order valence-corrected chi connectivity index (χ1v) is 10.5. The van der Waals surface area contributed by atoms with Gasteiger partial charge in [-0.2, -0.15) is 0 Å². The van der Waals surface area contributed by atoms with Gasteiger partial charge in [-0.1, -0.05) is 26.8 Å². The summed E-state index contributed by atoms with van der Waals surface area (Å²) in [5.41, 5.74) is 2.36. The lowest BCUT2D eigenvalue weighted by molar-refractivity contribution is -0.118. The number of hydrogen-bond acceptors (Lipinski definition) is 3. The molecule has 0 atom stereocenters. The van der Waals surface area contributed by atoms with E-state index < -0.39 is 0 Å². The van der Waals surface area contributed by atoms with Crippen LogP contribution in [0.3, 0.4) is 0 Å². The second-order valence-corrected chi connectivity index (χ2v) is 8.29. The van der Waals surface area contributed by atoms with E-state index in [1.54, 1.807) is 6.07 Å². The smallest absolute Gasteiger partial charge is 0.319 e. The summed E-state index contributed by atoms with van der Waals surface area (Å²) in [6.07, 6.45) is 4.68. The van der Waals surface area contributed by atoms with Crippen LogP contribution in [-0.4, -0.2) is 43.0 Å². The highest BCUT2D eigenvalue weighted by Gasteiger charge is 2.15. The molecule has 1 aliphatic rings. The molecular weight excluding hydrogens is 352 g/mol. The number of benzene rings is 1. The van der Waals surface area contributed by atoms with Gasteiger partial charge in [0.2, 0.25) is 5.91 Å². The molecule has 0 saturated carbocycles. The quantitative estimate of drug-likeness (QED) is 0.584. The summed E-state index contributed by atoms with van der Waals surface area (Å²) >= 11 is 0. The lowest BCUT2D eigenvalue weighted by Gasteiger charge is -2.30. The maximum atomic E-state index is 12.2. The molecule has 1 aromatic rings. The fourth-order valence-corrected chi connectivity index (χ4v) is 3.24. The van der Waals surface area contributed by atoms with E-state index >= 15 is 0 Å². The van der Waals surface area contributed by atoms with Crippen LogP contribution in [0.1, 0.15) is 52.0 Å². The Hall–Kier alpha value is -2.08. The molecule has 1 fully saturated rings. The number of nitrogens with one attached hydrogen (secondary N) is 3. The molecule has 2 rings (SSSR count). The first kappa shape index (κ1) is 22.2. The van der Waals surface area contributed by atoms with Crippen LogP contribution >= 0.6 is 0 Å². The van der Waals surface area contributed by atoms with Crippen molar-refractivity contribution >= 4 is 23.3 Å². The van der Waals surface area contributed by atoms with Gasteiger partial charge in [-0.25, -0.2) is 4.79 Å². The van der Waals surface area contributed by atoms with Gasteiger partial charge in [0.25, 0.3) is 0 Å². The lowest BCUT2D eigenvalue weighted by Crippen LogP contribution is -2.34. The number of carbonyl (C=O) groups is 2. The molecule has 28 heavy (non-hydrogen) atoms. The number of nitrogens with zero attached hydrogens (tertiary/aromatic N) is 1. The molecule has 1 aromatic carbocycles. The zero-order valence-corrected chi connectivity index (χ0v) is 17.8. The predicted octanol–water partition coefficient (Wildman–Crippen LogP) is 4.22. The minimum absolute atomic E-state index is 0.0394. The molecule has 1 saturated heterocycles. The number of anilines is 2. The molecule has 6 heteroatoms. The molecule has 0 aromatic heterocycles. The maximum absolute atomic E-state index is 12.2. The van der Waals surface area contributed by atoms with E-state index in [2.05, 4.69) is 27.8 Å². The third-order valence-electron chi connectivity index (χ3n) is 5.34. The molecule has 3 amide bonds. The maximum Gasteiger partial charge on any atom is 0.319 e. The lowest BCUT2D eigenvalue weighted by atomic mass is 9.99. The Morgan fingerprint density at radius 1 is 1.14 bits per heavy atom. The zero-order valence-electron chi connectivity index (χ0n) is 17.8. The van der Waals surface area contributed by atoms with E-state index in [1.165, 1.54) is 25.9 Å². The van der Waals surface area contributed by atoms with Crippen molar-refractivity contribution in [1.82, 2.24) is 10.2 Å². The van der Waals surface area contributed by atoms with Crippen LogP contribution in [0.2, 0.25) is 0 Å². The Kier molecular flexibility index (Phi) is 8.77. The third-order valence-corrected chi connectivity index (χ3v) is 5.34. The average Bonchev–Trinajstić information content (AvgIpc) is 2.65. The SMILES string of the molecule is Cc1ccc(NC(=O)C(C)C)cc1NC(=O)NCCCCN1CCC(C)CC1. The van der Waals surface area contributed by atoms with Crippen LogP contribution in [0, 0.1) is 18.8 Å². The largest absolute Gasteiger partial charge is 0.338 e. The second kappa shape index (κ2) is 11.1. The summed E-state index contributed by atoms with van der Waals surface area (Å²) < 4.78 is 0. The van der Waals surface area contributed by atoms with Gasteiger partial charge in [0.05, 0.1) is 0 Å². The minimum atomic E-state index is -0.206. The number of aryl methyl sites for hydroxylation is 1. The highest BCUT2D eigenvalue weighted by Crippen LogP contribution is 2.21. The van der Waals surface area contributed by atoms with Crippen molar-refractivity contribution in [3.05, 3.63) is 23.8 Å². The zero-order chi connectivity index (χ0) is 20.5. The molecule has 0 bridgehead atoms. The Bertz CT molecular complexity index is 652. The summed E-state index contributed by atoms with van der Waals surface area (Å²) in [5.74, 6) is 0.735. The third kappa shape index (κ3) is 7.50. The monoisotopic (exact) mass is 388 g/mol. The number of unbranched alkanes of at least 4 members (excludes halogenated alkanes) is 1. The standard InChI is InChI=1S/C22H36N4O2/c1-16(2)21(27)24-19-8-7-18(4)20(15-19)25-22(28)23-11-5-6-12-26-13-9-17(3)10-14-26/h7-8,15-17H,5-6,9-14H2,1-4H3,(H,24,27)(H2,23,25,28). The summed E-state index contributed by atoms with van der Waals surface area (Å²) in [6, 6.07) is 5.33. The van der Waals surface area contributed by atoms with Crippen molar-refractivity contribution in [3.8, 4) is 0 Å². The summed E-state index contributed by atoms with van der Waals surface area (Å²) in [7, 11) is 0. The highest BCUT2D eigenvalue weighted by molar-refractivity contribution is 5.94. The summed E-state index contributed by atoms with van der Waals surface area (Å²) in [5, 5.41) is 8.67. The molecule has 0 spiro atoms. The van der Waals surface area contributed by atoms with E-state index in [0.717, 1.165) is 30.9 Å². The van der Waals surface area contributed by atoms with Crippen LogP contribution in [0.25, 0.3) is 0 Å². The van der Waals surface area contributed by atoms with Gasteiger partial charge in [-0.3, -0.25) is 4.79 Å². The number of hydrogen-bond donors (Lipinski definition) is 3. The van der Waals surface area contributed by atoms with Crippen molar-refractivity contribution < 1.29 is 9.59 Å². The Balaban J connectivity index is 1.70. The van der Waals surface area contributed by atoms with Gasteiger partial charge in [-0.05, 0) is 75.9 Å². The number of urea groups is 1. The van der Waals surface area contributed by atoms with E-state index in [1.807, 2.05) is 32.9 Å². The van der Waals surface area contributed by atoms with Gasteiger partial charge in [0, 0.05) is 23.8 Å². The first-order chi connectivity index (χ1) is 13.3. The normalized spacial score (nSPS) is 15.5. The molecular formula is C22H36N4O2. The van der Waals surface area contributed by atoms with E-state index in [9.17, 15) is 9.59 Å². The van der Waals surface area contributed by atoms with Crippen LogP contribution < -0.4 is 16.0 Å². The second-order valence-electron chi connectivity index (χ2n) is 8.29. The van der Waals surface area contributed by atoms with E-state index in [-0.39, 0.29) is 17.9 Å². The molecule has 156 valence electrons. The Morgan fingerprint density at radius 2 is 1.86 bits per heavy atom. The topological polar surface area (TPSA) is 73.5 Å². The molecule has 0 unspecified atom stereocenters. The van der Waals surface area contributed by atoms with Crippen LogP contribution in [-0.2, 0) is 4.79 Å². The number of amides is 3. The predicted molar refractivity (Wildman–Crippen MR) is 116 cm³/mol. The molecule has 0 aliphatic carbocycles. The fourth-order valence-electron chi connectivity index (χ4n) is 3.24. The number of carbonyl (C=O) groups excluding carboxylic acids is 2. The van der Waals surface area contributed by atoms with Crippen molar-refractivity contribution in [2.45, 2.75) is 53.4 Å². The van der Waals surface area contributed by atoms with Gasteiger partial charge in [-0.15, -0.1) is 0 Å². The number of rotatable bonds is 8. The fraction of sp³-hybridized carbons (Fsp3) is 0.636. The molecule has 1 aliphatic heterocycles. The van der Waals surface area contributed by atoms with Crippen molar-refractivity contribution in [3.63, 3.8) is 0 Å². The van der Waals surface area contributed by atoms with Crippen molar-refractivity contribution in [2.24, 2.45) is 11.8 Å². The molecule has 6 nitrogen and oxygen atoms in total. The average molecular weight is 389 g/mol. The highest BCUT2D eigenvalue weighted by atomic mass is 16.2. The summed E-state index contributed by atoms with van der Waals surface area (Å²) in [4.78, 5) is 26.6. The number of piperidine rings is 1. The van der Waals surface area contributed by atoms with E-state index in [0.29, 0.717) is 17.9 Å². The van der Waals surface area contributed by atoms with Gasteiger partial charge >= 0.3 is 6.03 Å². The minimum Gasteiger partial charge on any atom is -0.338 e. The van der Waals surface area contributed by atoms with Crippen molar-refractivity contribution in [1.29, 1.82) is 0 Å². The van der Waals surface area contributed by atoms with Crippen LogP contribution in [0.5, 0.6) is 0 Å². The van der Waals surface area contributed by atoms with E-state index in [4.69, 9.17) is 0 Å². The Labute approximate surface area is 169 Å². The summed E-state index contributed by atoms with van der Waals surface area (Å²) in [6.45, 7) is 12.2. The van der Waals surface area contributed by atoms with Gasteiger partial charge < -0.3 is 20.9 Å². The molecule has 3 N–H and O–H groups in total. The van der Waals surface area contributed by atoms with Gasteiger partial charge in [0.15, 0.2) is 0 Å². The number of likely N-dealkylation sites (tertiary alicyclic amines) is 1. The van der Waals surface area contributed by atoms with Crippen LogP contribution in [0.4, 0.5) is 16.2 Å². The van der Waals surface area contributed by atoms with Gasteiger partial charge in [0.1, 0.15) is 0 Å². The first-order valence-electron chi connectivity index (χ1n) is 10.5. The molecule has 1 heterocycles. The molecule has 0 radical (unpaired) electrons. The van der Waals surface area contributed by atoms with Crippen LogP contribution in [0.15, 0.2) is 18.2 Å². The Morgan fingerprint density at radius 3 is 2.54 bits per heavy atom. The van der Waals surface area contributed by atoms with Crippen molar-refractivity contribution in [2.75, 3.05) is 36.8 Å².